The lowest BCUT2D eigenvalue weighted by Crippen LogP contribution is -2.09. The quantitative estimate of drug-likeness (QED) is 0.543. The van der Waals surface area contributed by atoms with E-state index in [1.54, 1.807) is 0 Å². The van der Waals surface area contributed by atoms with Crippen molar-refractivity contribution in [3.63, 3.8) is 0 Å². The molecule has 0 aliphatic rings. The van der Waals surface area contributed by atoms with Crippen LogP contribution in [0.5, 0.6) is 0 Å². The molecule has 0 spiro atoms. The summed E-state index contributed by atoms with van der Waals surface area (Å²) in [5.74, 6) is 0.403. The number of hydrogen-bond donors (Lipinski definition) is 3. The van der Waals surface area contributed by atoms with Gasteiger partial charge in [-0.1, -0.05) is 80.1 Å². The molecule has 2 unspecified atom stereocenters. The van der Waals surface area contributed by atoms with E-state index in [0.717, 1.165) is 16.8 Å². The third-order valence-corrected chi connectivity index (χ3v) is 5.69. The Bertz CT molecular complexity index is 887. The van der Waals surface area contributed by atoms with Crippen LogP contribution in [0.4, 0.5) is 5.69 Å². The van der Waals surface area contributed by atoms with Gasteiger partial charge < -0.3 is 17.2 Å². The molecule has 3 aromatic rings. The molecule has 2 atom stereocenters. The summed E-state index contributed by atoms with van der Waals surface area (Å²) in [6.07, 6.45) is 0. The zero-order valence-electron chi connectivity index (χ0n) is 17.1. The molecule has 3 heteroatoms. The molecule has 0 aliphatic heterocycles. The monoisotopic (exact) mass is 373 g/mol. The molecule has 0 aliphatic carbocycles. The van der Waals surface area contributed by atoms with Crippen LogP contribution in [0, 0.1) is 6.92 Å². The summed E-state index contributed by atoms with van der Waals surface area (Å²) in [7, 11) is 0. The van der Waals surface area contributed by atoms with Gasteiger partial charge in [0.2, 0.25) is 0 Å². The Labute approximate surface area is 168 Å². The lowest BCUT2D eigenvalue weighted by atomic mass is 9.84. The zero-order valence-corrected chi connectivity index (χ0v) is 17.1. The second-order valence-corrected chi connectivity index (χ2v) is 7.70. The van der Waals surface area contributed by atoms with E-state index < -0.39 is 0 Å². The molecule has 0 amide bonds. The SMILES string of the molecule is Cc1cc(C(C)c2cccc(CN)c2)c(N)c(C(C)c2cccc(CN)c2)c1. The van der Waals surface area contributed by atoms with Gasteiger partial charge in [-0.25, -0.2) is 0 Å². The molecule has 0 fully saturated rings. The van der Waals surface area contributed by atoms with Crippen molar-refractivity contribution >= 4 is 5.69 Å². The fourth-order valence-electron chi connectivity index (χ4n) is 3.91. The molecule has 0 saturated heterocycles. The van der Waals surface area contributed by atoms with Crippen LogP contribution >= 0.6 is 0 Å². The molecule has 0 aromatic heterocycles. The van der Waals surface area contributed by atoms with E-state index >= 15 is 0 Å². The van der Waals surface area contributed by atoms with Crippen LogP contribution in [0.25, 0.3) is 0 Å². The number of anilines is 1. The highest BCUT2D eigenvalue weighted by molar-refractivity contribution is 5.61. The van der Waals surface area contributed by atoms with Crippen LogP contribution in [0.3, 0.4) is 0 Å². The molecular weight excluding hydrogens is 342 g/mol. The van der Waals surface area contributed by atoms with Gasteiger partial charge in [0.15, 0.2) is 0 Å². The zero-order chi connectivity index (χ0) is 20.3. The Morgan fingerprint density at radius 2 is 1.14 bits per heavy atom. The Balaban J connectivity index is 2.03. The molecule has 6 N–H and O–H groups in total. The molecule has 0 saturated carbocycles. The average Bonchev–Trinajstić information content (AvgIpc) is 2.74. The average molecular weight is 374 g/mol. The second kappa shape index (κ2) is 8.59. The van der Waals surface area contributed by atoms with Crippen molar-refractivity contribution in [2.45, 2.75) is 45.7 Å². The third-order valence-electron chi connectivity index (χ3n) is 5.69. The highest BCUT2D eigenvalue weighted by Crippen LogP contribution is 2.37. The topological polar surface area (TPSA) is 78.1 Å². The number of rotatable bonds is 6. The van der Waals surface area contributed by atoms with E-state index in [-0.39, 0.29) is 11.8 Å². The van der Waals surface area contributed by atoms with E-state index in [0.29, 0.717) is 13.1 Å². The summed E-state index contributed by atoms with van der Waals surface area (Å²) >= 11 is 0. The van der Waals surface area contributed by atoms with Gasteiger partial charge in [0.25, 0.3) is 0 Å². The standard InChI is InChI=1S/C25H31N3/c1-16-10-23(17(2)21-8-4-6-19(12-21)14-26)25(28)24(11-16)18(3)22-9-5-7-20(13-22)15-27/h4-13,17-18H,14-15,26-28H2,1-3H3. The van der Waals surface area contributed by atoms with Crippen LogP contribution in [-0.2, 0) is 13.1 Å². The highest BCUT2D eigenvalue weighted by Gasteiger charge is 2.19. The maximum Gasteiger partial charge on any atom is 0.0391 e. The lowest BCUT2D eigenvalue weighted by molar-refractivity contribution is 0.883. The summed E-state index contributed by atoms with van der Waals surface area (Å²) in [4.78, 5) is 0. The molecular formula is C25H31N3. The van der Waals surface area contributed by atoms with Gasteiger partial charge in [0, 0.05) is 30.6 Å². The third kappa shape index (κ3) is 4.11. The molecule has 3 aromatic carbocycles. The number of benzene rings is 3. The molecule has 0 bridgehead atoms. The van der Waals surface area contributed by atoms with Crippen LogP contribution in [0.15, 0.2) is 60.7 Å². The minimum Gasteiger partial charge on any atom is -0.398 e. The van der Waals surface area contributed by atoms with Crippen LogP contribution in [0.2, 0.25) is 0 Å². The summed E-state index contributed by atoms with van der Waals surface area (Å²) in [6, 6.07) is 21.4. The van der Waals surface area contributed by atoms with E-state index in [1.807, 2.05) is 0 Å². The van der Waals surface area contributed by atoms with Gasteiger partial charge in [0.05, 0.1) is 0 Å². The van der Waals surface area contributed by atoms with Crippen LogP contribution in [-0.4, -0.2) is 0 Å². The van der Waals surface area contributed by atoms with Crippen LogP contribution < -0.4 is 17.2 Å². The number of nitrogen functional groups attached to an aromatic ring is 1. The Morgan fingerprint density at radius 3 is 1.54 bits per heavy atom. The minimum atomic E-state index is 0.202. The maximum absolute atomic E-state index is 6.72. The predicted octanol–water partition coefficient (Wildman–Crippen LogP) is 4.80. The normalized spacial score (nSPS) is 13.3. The van der Waals surface area contributed by atoms with Crippen molar-refractivity contribution in [1.29, 1.82) is 0 Å². The first kappa shape index (κ1) is 20.1. The van der Waals surface area contributed by atoms with Crippen molar-refractivity contribution in [2.24, 2.45) is 11.5 Å². The molecule has 28 heavy (non-hydrogen) atoms. The van der Waals surface area contributed by atoms with Crippen molar-refractivity contribution < 1.29 is 0 Å². The van der Waals surface area contributed by atoms with Crippen molar-refractivity contribution in [2.75, 3.05) is 5.73 Å². The predicted molar refractivity (Wildman–Crippen MR) is 119 cm³/mol. The van der Waals surface area contributed by atoms with E-state index in [9.17, 15) is 0 Å². The van der Waals surface area contributed by atoms with Gasteiger partial charge in [-0.2, -0.15) is 0 Å². The molecule has 3 rings (SSSR count). The van der Waals surface area contributed by atoms with E-state index in [4.69, 9.17) is 17.2 Å². The number of nitrogens with two attached hydrogens (primary N) is 3. The number of aryl methyl sites for hydroxylation is 1. The Morgan fingerprint density at radius 1 is 0.714 bits per heavy atom. The van der Waals surface area contributed by atoms with Gasteiger partial charge in [-0.15, -0.1) is 0 Å². The smallest absolute Gasteiger partial charge is 0.0391 e. The maximum atomic E-state index is 6.72. The summed E-state index contributed by atoms with van der Waals surface area (Å²) in [5, 5.41) is 0. The molecule has 0 heterocycles. The fourth-order valence-corrected chi connectivity index (χ4v) is 3.91. The van der Waals surface area contributed by atoms with Crippen LogP contribution in [0.1, 0.15) is 64.6 Å². The van der Waals surface area contributed by atoms with Crippen molar-refractivity contribution in [1.82, 2.24) is 0 Å². The van der Waals surface area contributed by atoms with Gasteiger partial charge in [0.1, 0.15) is 0 Å². The Hall–Kier alpha value is -2.62. The van der Waals surface area contributed by atoms with Gasteiger partial charge in [-0.05, 0) is 40.3 Å². The molecule has 0 radical (unpaired) electrons. The van der Waals surface area contributed by atoms with Gasteiger partial charge >= 0.3 is 0 Å². The first-order chi connectivity index (χ1) is 13.4. The lowest BCUT2D eigenvalue weighted by Gasteiger charge is -2.23. The highest BCUT2D eigenvalue weighted by atomic mass is 14.6. The second-order valence-electron chi connectivity index (χ2n) is 7.70. The Kier molecular flexibility index (Phi) is 6.18. The number of hydrogen-bond acceptors (Lipinski definition) is 3. The van der Waals surface area contributed by atoms with E-state index in [1.165, 1.54) is 27.8 Å². The summed E-state index contributed by atoms with van der Waals surface area (Å²) in [5.41, 5.74) is 27.6. The largest absolute Gasteiger partial charge is 0.398 e. The summed E-state index contributed by atoms with van der Waals surface area (Å²) < 4.78 is 0. The van der Waals surface area contributed by atoms with Crippen molar-refractivity contribution in [3.8, 4) is 0 Å². The minimum absolute atomic E-state index is 0.202. The first-order valence-electron chi connectivity index (χ1n) is 9.92. The molecule has 146 valence electrons. The fraction of sp³-hybridized carbons (Fsp3) is 0.280. The van der Waals surface area contributed by atoms with Gasteiger partial charge in [-0.3, -0.25) is 0 Å². The van der Waals surface area contributed by atoms with E-state index in [2.05, 4.69) is 81.4 Å². The summed E-state index contributed by atoms with van der Waals surface area (Å²) in [6.45, 7) is 7.65. The van der Waals surface area contributed by atoms with Crippen molar-refractivity contribution in [3.05, 3.63) is 99.6 Å². The first-order valence-corrected chi connectivity index (χ1v) is 9.92. The molecule has 3 nitrogen and oxygen atoms in total.